The number of hydrogen-bond donors (Lipinski definition) is 2. The smallest absolute Gasteiger partial charge is 0.337 e. The number of hydrogen-bond acceptors (Lipinski definition) is 2. The van der Waals surface area contributed by atoms with Gasteiger partial charge in [-0.2, -0.15) is 0 Å². The van der Waals surface area contributed by atoms with Crippen molar-refractivity contribution in [3.8, 4) is 0 Å². The van der Waals surface area contributed by atoms with Crippen LogP contribution in [0.1, 0.15) is 20.7 Å². The summed E-state index contributed by atoms with van der Waals surface area (Å²) in [7, 11) is 0. The summed E-state index contributed by atoms with van der Waals surface area (Å²) in [5.41, 5.74) is 0.228. The molecular formula is C13H8ClNO3. The molecule has 4 nitrogen and oxygen atoms in total. The molecule has 0 fully saturated rings. The van der Waals surface area contributed by atoms with Crippen molar-refractivity contribution in [2.45, 2.75) is 0 Å². The van der Waals surface area contributed by atoms with E-state index in [4.69, 9.17) is 11.6 Å². The van der Waals surface area contributed by atoms with Gasteiger partial charge in [-0.3, -0.25) is 4.79 Å². The van der Waals surface area contributed by atoms with Crippen LogP contribution in [0.5, 0.6) is 0 Å². The summed E-state index contributed by atoms with van der Waals surface area (Å²) >= 11 is 6.08. The van der Waals surface area contributed by atoms with Gasteiger partial charge in [0.25, 0.3) is 5.91 Å². The largest absolute Gasteiger partial charge is 0.478 e. The zero-order valence-electron chi connectivity index (χ0n) is 9.16. The van der Waals surface area contributed by atoms with Crippen LogP contribution in [-0.4, -0.2) is 23.5 Å². The lowest BCUT2D eigenvalue weighted by atomic mass is 9.94. The van der Waals surface area contributed by atoms with Crippen molar-refractivity contribution in [3.05, 3.63) is 39.6 Å². The molecule has 1 amide bonds. The van der Waals surface area contributed by atoms with Gasteiger partial charge in [0, 0.05) is 17.0 Å². The normalized spacial score (nSPS) is 13.9. The molecule has 0 spiro atoms. The van der Waals surface area contributed by atoms with Crippen molar-refractivity contribution in [1.29, 1.82) is 0 Å². The summed E-state index contributed by atoms with van der Waals surface area (Å²) in [5.74, 6) is -1.48. The van der Waals surface area contributed by atoms with Gasteiger partial charge in [-0.1, -0.05) is 23.7 Å². The van der Waals surface area contributed by atoms with Crippen molar-refractivity contribution in [1.82, 2.24) is 5.32 Å². The molecule has 0 unspecified atom stereocenters. The molecular weight excluding hydrogens is 254 g/mol. The fourth-order valence-electron chi connectivity index (χ4n) is 2.31. The Morgan fingerprint density at radius 2 is 2.17 bits per heavy atom. The number of nitrogens with one attached hydrogen (secondary N) is 1. The molecule has 1 heterocycles. The van der Waals surface area contributed by atoms with Crippen LogP contribution >= 0.6 is 11.6 Å². The molecule has 0 aliphatic carbocycles. The van der Waals surface area contributed by atoms with Gasteiger partial charge < -0.3 is 10.4 Å². The summed E-state index contributed by atoms with van der Waals surface area (Å²) in [6.45, 7) is 0.380. The molecule has 2 N–H and O–H groups in total. The van der Waals surface area contributed by atoms with Crippen molar-refractivity contribution in [2.24, 2.45) is 0 Å². The van der Waals surface area contributed by atoms with E-state index in [0.29, 0.717) is 27.6 Å². The van der Waals surface area contributed by atoms with Crippen LogP contribution in [0.25, 0.3) is 16.8 Å². The Bertz CT molecular complexity index is 751. The summed E-state index contributed by atoms with van der Waals surface area (Å²) in [5, 5.41) is 14.2. The Morgan fingerprint density at radius 3 is 2.89 bits per heavy atom. The molecule has 1 aliphatic heterocycles. The van der Waals surface area contributed by atoms with Crippen LogP contribution < -0.4 is 10.5 Å². The molecule has 2 aromatic carbocycles. The predicted molar refractivity (Wildman–Crippen MR) is 67.9 cm³/mol. The maximum Gasteiger partial charge on any atom is 0.337 e. The monoisotopic (exact) mass is 261 g/mol. The SMILES string of the molecule is O=C1NCC=c2c1c(C(=O)O)c1ccc(Cl)c2c1. The van der Waals surface area contributed by atoms with E-state index in [1.165, 1.54) is 0 Å². The van der Waals surface area contributed by atoms with E-state index in [2.05, 4.69) is 5.32 Å². The van der Waals surface area contributed by atoms with Crippen LogP contribution in [-0.2, 0) is 0 Å². The fourth-order valence-corrected chi connectivity index (χ4v) is 2.53. The van der Waals surface area contributed by atoms with E-state index < -0.39 is 5.97 Å². The standard InChI is InChI=1S/C13H8ClNO3/c14-9-2-1-6-5-8(9)7-3-4-15-12(16)11(7)10(6)13(17)18/h1-3,5H,4H2,(H,15,16)(H,17,18). The van der Waals surface area contributed by atoms with Gasteiger partial charge in [-0.15, -0.1) is 0 Å². The number of rotatable bonds is 1. The Balaban J connectivity index is 2.60. The van der Waals surface area contributed by atoms with Gasteiger partial charge in [0.2, 0.25) is 0 Å². The number of carboxylic acid groups (broad SMARTS) is 1. The molecule has 3 rings (SSSR count). The first-order valence-electron chi connectivity index (χ1n) is 5.36. The van der Waals surface area contributed by atoms with E-state index in [9.17, 15) is 14.7 Å². The van der Waals surface area contributed by atoms with E-state index >= 15 is 0 Å². The lowest BCUT2D eigenvalue weighted by molar-refractivity contribution is 0.0693. The number of carbonyl (C=O) groups excluding carboxylic acids is 1. The molecule has 18 heavy (non-hydrogen) atoms. The molecule has 2 bridgehead atoms. The maximum absolute atomic E-state index is 11.9. The first kappa shape index (κ1) is 11.0. The highest BCUT2D eigenvalue weighted by Crippen LogP contribution is 2.24. The Kier molecular flexibility index (Phi) is 2.28. The van der Waals surface area contributed by atoms with Crippen LogP contribution in [0.3, 0.4) is 0 Å². The number of benzene rings is 2. The van der Waals surface area contributed by atoms with Gasteiger partial charge in [0.05, 0.1) is 11.1 Å². The second kappa shape index (κ2) is 3.71. The van der Waals surface area contributed by atoms with Gasteiger partial charge in [0.15, 0.2) is 0 Å². The third-order valence-electron chi connectivity index (χ3n) is 3.07. The molecule has 2 aromatic rings. The predicted octanol–water partition coefficient (Wildman–Crippen LogP) is 1.43. The quantitative estimate of drug-likeness (QED) is 0.816. The van der Waals surface area contributed by atoms with Crippen LogP contribution in [0.2, 0.25) is 5.02 Å². The van der Waals surface area contributed by atoms with E-state index in [1.807, 2.05) is 0 Å². The third kappa shape index (κ3) is 1.39. The van der Waals surface area contributed by atoms with Gasteiger partial charge >= 0.3 is 5.97 Å². The van der Waals surface area contributed by atoms with Crippen molar-refractivity contribution >= 4 is 40.3 Å². The number of halogens is 1. The number of carboxylic acids is 1. The highest BCUT2D eigenvalue weighted by molar-refractivity contribution is 6.35. The summed E-state index contributed by atoms with van der Waals surface area (Å²) in [6, 6.07) is 4.97. The zero-order valence-corrected chi connectivity index (χ0v) is 9.91. The molecule has 90 valence electrons. The number of aromatic carboxylic acids is 1. The number of carbonyl (C=O) groups is 2. The highest BCUT2D eigenvalue weighted by atomic mass is 35.5. The summed E-state index contributed by atoms with van der Waals surface area (Å²) < 4.78 is 0. The molecule has 5 heteroatoms. The number of amides is 1. The van der Waals surface area contributed by atoms with Gasteiger partial charge in [0.1, 0.15) is 0 Å². The van der Waals surface area contributed by atoms with Crippen molar-refractivity contribution in [2.75, 3.05) is 6.54 Å². The van der Waals surface area contributed by atoms with Gasteiger partial charge in [-0.25, -0.2) is 4.79 Å². The van der Waals surface area contributed by atoms with E-state index in [1.54, 1.807) is 24.3 Å². The van der Waals surface area contributed by atoms with Crippen molar-refractivity contribution in [3.63, 3.8) is 0 Å². The molecule has 0 atom stereocenters. The van der Waals surface area contributed by atoms with Gasteiger partial charge in [-0.05, 0) is 22.7 Å². The Labute approximate surface area is 107 Å². The number of fused-ring (bicyclic) bond motifs is 4. The van der Waals surface area contributed by atoms with Crippen LogP contribution in [0, 0.1) is 0 Å². The lowest BCUT2D eigenvalue weighted by Gasteiger charge is -2.16. The van der Waals surface area contributed by atoms with Crippen LogP contribution in [0.15, 0.2) is 18.2 Å². The minimum atomic E-state index is -1.11. The maximum atomic E-state index is 11.9. The Morgan fingerprint density at radius 1 is 1.39 bits per heavy atom. The second-order valence-corrected chi connectivity index (χ2v) is 4.48. The second-order valence-electron chi connectivity index (χ2n) is 4.08. The average molecular weight is 262 g/mol. The first-order chi connectivity index (χ1) is 8.59. The molecule has 0 saturated carbocycles. The molecule has 0 aromatic heterocycles. The summed E-state index contributed by atoms with van der Waals surface area (Å²) in [6.07, 6.45) is 1.78. The van der Waals surface area contributed by atoms with Crippen molar-refractivity contribution < 1.29 is 14.7 Å². The molecule has 0 saturated heterocycles. The lowest BCUT2D eigenvalue weighted by Crippen LogP contribution is -2.37. The first-order valence-corrected chi connectivity index (χ1v) is 5.74. The average Bonchev–Trinajstić information content (AvgIpc) is 2.34. The molecule has 0 radical (unpaired) electrons. The fraction of sp³-hybridized carbons (Fsp3) is 0.0769. The zero-order chi connectivity index (χ0) is 12.9. The summed E-state index contributed by atoms with van der Waals surface area (Å²) in [4.78, 5) is 23.2. The van der Waals surface area contributed by atoms with E-state index in [-0.39, 0.29) is 17.0 Å². The Hall–Kier alpha value is -2.07. The molecule has 1 aliphatic rings. The topological polar surface area (TPSA) is 66.4 Å². The third-order valence-corrected chi connectivity index (χ3v) is 3.40. The highest BCUT2D eigenvalue weighted by Gasteiger charge is 2.24. The van der Waals surface area contributed by atoms with Crippen LogP contribution in [0.4, 0.5) is 0 Å². The minimum Gasteiger partial charge on any atom is -0.478 e. The van der Waals surface area contributed by atoms with E-state index in [0.717, 1.165) is 0 Å². The minimum absolute atomic E-state index is 0.0302.